The average molecular weight is 153 g/mol. The van der Waals surface area contributed by atoms with Gasteiger partial charge in [-0.1, -0.05) is 0 Å². The van der Waals surface area contributed by atoms with Gasteiger partial charge in [-0.25, -0.2) is 4.98 Å². The zero-order valence-electron chi connectivity index (χ0n) is 4.55. The lowest BCUT2D eigenvalue weighted by Gasteiger charge is -2.02. The molecule has 0 fully saturated rings. The molecule has 0 aromatic carbocycles. The minimum absolute atomic E-state index is 0.660. The standard InChI is InChI=1S/C4H2F3NO2/c5-4(6,7)10-3-1-8-2-9-3/h1-2H. The maximum atomic E-state index is 11.3. The quantitative estimate of drug-likeness (QED) is 0.614. The summed E-state index contributed by atoms with van der Waals surface area (Å²) >= 11 is 0. The molecule has 3 nitrogen and oxygen atoms in total. The van der Waals surface area contributed by atoms with Crippen molar-refractivity contribution in [3.05, 3.63) is 12.6 Å². The van der Waals surface area contributed by atoms with Crippen LogP contribution in [0.4, 0.5) is 13.2 Å². The Morgan fingerprint density at radius 3 is 2.60 bits per heavy atom. The van der Waals surface area contributed by atoms with Crippen LogP contribution >= 0.6 is 0 Å². The molecule has 0 aliphatic heterocycles. The van der Waals surface area contributed by atoms with Gasteiger partial charge in [-0.15, -0.1) is 13.2 Å². The van der Waals surface area contributed by atoms with E-state index in [9.17, 15) is 13.2 Å². The molecule has 6 heteroatoms. The molecule has 56 valence electrons. The van der Waals surface area contributed by atoms with Gasteiger partial charge in [-0.05, 0) is 0 Å². The van der Waals surface area contributed by atoms with Crippen molar-refractivity contribution >= 4 is 0 Å². The van der Waals surface area contributed by atoms with E-state index in [1.54, 1.807) is 0 Å². The second-order valence-corrected chi connectivity index (χ2v) is 1.37. The van der Waals surface area contributed by atoms with Gasteiger partial charge in [0.15, 0.2) is 6.39 Å². The van der Waals surface area contributed by atoms with E-state index in [1.165, 1.54) is 0 Å². The van der Waals surface area contributed by atoms with E-state index in [1.807, 2.05) is 0 Å². The smallest absolute Gasteiger partial charge is 0.413 e. The molecular formula is C4H2F3NO2. The van der Waals surface area contributed by atoms with Crippen molar-refractivity contribution in [1.82, 2.24) is 4.98 Å². The molecule has 0 radical (unpaired) electrons. The number of aromatic nitrogens is 1. The van der Waals surface area contributed by atoms with Crippen molar-refractivity contribution in [3.8, 4) is 5.95 Å². The summed E-state index contributed by atoms with van der Waals surface area (Å²) in [7, 11) is 0. The minimum Gasteiger partial charge on any atom is -0.413 e. The van der Waals surface area contributed by atoms with E-state index in [4.69, 9.17) is 0 Å². The highest BCUT2D eigenvalue weighted by atomic mass is 19.4. The van der Waals surface area contributed by atoms with Crippen LogP contribution in [0.15, 0.2) is 17.0 Å². The average Bonchev–Trinajstić information content (AvgIpc) is 2.12. The number of ether oxygens (including phenoxy) is 1. The lowest BCUT2D eigenvalue weighted by molar-refractivity contribution is -0.280. The third-order valence-corrected chi connectivity index (χ3v) is 0.626. The molecule has 10 heavy (non-hydrogen) atoms. The second-order valence-electron chi connectivity index (χ2n) is 1.37. The molecule has 0 saturated carbocycles. The molecule has 1 aromatic heterocycles. The SMILES string of the molecule is FC(F)(F)Oc1cnco1. The van der Waals surface area contributed by atoms with Gasteiger partial charge < -0.3 is 9.15 Å². The predicted molar refractivity (Wildman–Crippen MR) is 23.2 cm³/mol. The van der Waals surface area contributed by atoms with Gasteiger partial charge in [0, 0.05) is 0 Å². The lowest BCUT2D eigenvalue weighted by atomic mass is 10.9. The number of hydrogen-bond donors (Lipinski definition) is 0. The molecule has 0 aliphatic carbocycles. The summed E-state index contributed by atoms with van der Waals surface area (Å²) in [5.74, 6) is -0.660. The molecule has 0 atom stereocenters. The first-order valence-corrected chi connectivity index (χ1v) is 2.22. The monoisotopic (exact) mass is 153 g/mol. The molecule has 0 unspecified atom stereocenters. The molecule has 0 bridgehead atoms. The van der Waals surface area contributed by atoms with Gasteiger partial charge in [0.1, 0.15) is 6.20 Å². The van der Waals surface area contributed by atoms with E-state index in [0.29, 0.717) is 0 Å². The summed E-state index contributed by atoms with van der Waals surface area (Å²) < 4.78 is 41.4. The maximum Gasteiger partial charge on any atom is 0.575 e. The van der Waals surface area contributed by atoms with Crippen molar-refractivity contribution in [1.29, 1.82) is 0 Å². The van der Waals surface area contributed by atoms with Crippen LogP contribution < -0.4 is 4.74 Å². The Balaban J connectivity index is 2.57. The van der Waals surface area contributed by atoms with Crippen LogP contribution in [0.5, 0.6) is 5.95 Å². The number of alkyl halides is 3. The van der Waals surface area contributed by atoms with Crippen LogP contribution in [0.2, 0.25) is 0 Å². The van der Waals surface area contributed by atoms with E-state index in [-0.39, 0.29) is 0 Å². The molecule has 1 heterocycles. The number of hydrogen-bond acceptors (Lipinski definition) is 3. The van der Waals surface area contributed by atoms with Crippen LogP contribution in [-0.2, 0) is 0 Å². The Kier molecular flexibility index (Phi) is 1.52. The zero-order chi connectivity index (χ0) is 7.61. The van der Waals surface area contributed by atoms with E-state index >= 15 is 0 Å². The Morgan fingerprint density at radius 2 is 2.20 bits per heavy atom. The van der Waals surface area contributed by atoms with Crippen LogP contribution in [0.3, 0.4) is 0 Å². The Labute approximate surface area is 53.4 Å². The van der Waals surface area contributed by atoms with Gasteiger partial charge in [-0.3, -0.25) is 0 Å². The summed E-state index contributed by atoms with van der Waals surface area (Å²) in [6.45, 7) is 0. The maximum absolute atomic E-state index is 11.3. The fourth-order valence-corrected chi connectivity index (χ4v) is 0.369. The molecule has 0 saturated heterocycles. The van der Waals surface area contributed by atoms with Gasteiger partial charge in [-0.2, -0.15) is 0 Å². The highest BCUT2D eigenvalue weighted by molar-refractivity contribution is 4.94. The molecular weight excluding hydrogens is 151 g/mol. The normalized spacial score (nSPS) is 11.5. The summed E-state index contributed by atoms with van der Waals surface area (Å²) in [6, 6.07) is 0. The molecule has 1 aromatic rings. The van der Waals surface area contributed by atoms with E-state index in [0.717, 1.165) is 12.6 Å². The van der Waals surface area contributed by atoms with E-state index in [2.05, 4.69) is 14.1 Å². The first-order valence-electron chi connectivity index (χ1n) is 2.22. The van der Waals surface area contributed by atoms with Crippen LogP contribution in [0.25, 0.3) is 0 Å². The fraction of sp³-hybridized carbons (Fsp3) is 0.250. The van der Waals surface area contributed by atoms with Crippen molar-refractivity contribution in [3.63, 3.8) is 0 Å². The molecule has 0 N–H and O–H groups in total. The number of oxazole rings is 1. The van der Waals surface area contributed by atoms with Gasteiger partial charge in [0.25, 0.3) is 0 Å². The first kappa shape index (κ1) is 6.91. The largest absolute Gasteiger partial charge is 0.575 e. The third kappa shape index (κ3) is 1.96. The zero-order valence-corrected chi connectivity index (χ0v) is 4.55. The summed E-state index contributed by atoms with van der Waals surface area (Å²) in [4.78, 5) is 3.21. The van der Waals surface area contributed by atoms with Crippen molar-refractivity contribution in [2.24, 2.45) is 0 Å². The predicted octanol–water partition coefficient (Wildman–Crippen LogP) is 1.57. The molecule has 0 amide bonds. The van der Waals surface area contributed by atoms with Crippen molar-refractivity contribution < 1.29 is 22.3 Å². The van der Waals surface area contributed by atoms with Crippen LogP contribution in [0.1, 0.15) is 0 Å². The molecule has 0 aliphatic rings. The number of nitrogens with zero attached hydrogens (tertiary/aromatic N) is 1. The lowest BCUT2D eigenvalue weighted by Crippen LogP contribution is -2.16. The fourth-order valence-electron chi connectivity index (χ4n) is 0.369. The summed E-state index contributed by atoms with van der Waals surface area (Å²) in [5, 5.41) is 0. The Bertz CT molecular complexity index is 193. The van der Waals surface area contributed by atoms with Gasteiger partial charge in [0.05, 0.1) is 0 Å². The summed E-state index contributed by atoms with van der Waals surface area (Å²) in [5.41, 5.74) is 0. The second kappa shape index (κ2) is 2.20. The first-order chi connectivity index (χ1) is 4.58. The van der Waals surface area contributed by atoms with Gasteiger partial charge in [0.2, 0.25) is 0 Å². The molecule has 1 rings (SSSR count). The van der Waals surface area contributed by atoms with Crippen molar-refractivity contribution in [2.75, 3.05) is 0 Å². The van der Waals surface area contributed by atoms with Crippen molar-refractivity contribution in [2.45, 2.75) is 6.36 Å². The highest BCUT2D eigenvalue weighted by Crippen LogP contribution is 2.21. The third-order valence-electron chi connectivity index (χ3n) is 0.626. The highest BCUT2D eigenvalue weighted by Gasteiger charge is 2.32. The number of halogens is 3. The van der Waals surface area contributed by atoms with Crippen LogP contribution in [-0.4, -0.2) is 11.3 Å². The minimum atomic E-state index is -4.71. The van der Waals surface area contributed by atoms with E-state index < -0.39 is 12.3 Å². The Hall–Kier alpha value is -1.20. The van der Waals surface area contributed by atoms with Crippen LogP contribution in [0, 0.1) is 0 Å². The Morgan fingerprint density at radius 1 is 1.50 bits per heavy atom. The van der Waals surface area contributed by atoms with Gasteiger partial charge >= 0.3 is 12.3 Å². The molecule has 0 spiro atoms. The topological polar surface area (TPSA) is 35.3 Å². The summed E-state index contributed by atoms with van der Waals surface area (Å²) in [6.07, 6.45) is -3.03. The number of rotatable bonds is 1.